The lowest BCUT2D eigenvalue weighted by Gasteiger charge is -2.22. The highest BCUT2D eigenvalue weighted by Crippen LogP contribution is 2.37. The van der Waals surface area contributed by atoms with E-state index in [0.717, 1.165) is 16.0 Å². The van der Waals surface area contributed by atoms with Crippen LogP contribution in [0.25, 0.3) is 0 Å². The molecular formula is C21H21N3O5. The maximum Gasteiger partial charge on any atom is 0.325 e. The zero-order chi connectivity index (χ0) is 20.6. The maximum atomic E-state index is 13.0. The average Bonchev–Trinajstić information content (AvgIpc) is 3.26. The normalized spacial score (nSPS) is 20.0. The number of nitrogens with zero attached hydrogens (tertiary/aromatic N) is 1. The fraction of sp³-hybridized carbons (Fsp3) is 0.286. The van der Waals surface area contributed by atoms with E-state index in [-0.39, 0.29) is 13.3 Å². The van der Waals surface area contributed by atoms with Gasteiger partial charge in [-0.3, -0.25) is 14.5 Å². The highest BCUT2D eigenvalue weighted by atomic mass is 16.7. The summed E-state index contributed by atoms with van der Waals surface area (Å²) in [7, 11) is 0. The van der Waals surface area contributed by atoms with Gasteiger partial charge in [-0.2, -0.15) is 0 Å². The van der Waals surface area contributed by atoms with Crippen LogP contribution < -0.4 is 20.1 Å². The Morgan fingerprint density at radius 2 is 1.86 bits per heavy atom. The molecule has 150 valence electrons. The standard InChI is InChI=1S/C21H21N3O5/c1-13-3-5-14(6-4-13)10-22-18(25)11-24-19(26)21(2,23-20(24)27)15-7-8-16-17(9-15)29-12-28-16/h3-9H,10-12H2,1-2H3,(H,22,25)(H,23,27)/t21-/m1/s1. The van der Waals surface area contributed by atoms with E-state index in [0.29, 0.717) is 23.6 Å². The molecule has 4 rings (SSSR count). The fourth-order valence-electron chi connectivity index (χ4n) is 3.35. The van der Waals surface area contributed by atoms with Crippen molar-refractivity contribution in [3.8, 4) is 11.5 Å². The molecule has 2 heterocycles. The molecule has 0 saturated carbocycles. The van der Waals surface area contributed by atoms with Crippen LogP contribution in [0, 0.1) is 6.92 Å². The Kier molecular flexibility index (Phi) is 4.62. The molecular weight excluding hydrogens is 374 g/mol. The summed E-state index contributed by atoms with van der Waals surface area (Å²) < 4.78 is 10.6. The lowest BCUT2D eigenvalue weighted by Crippen LogP contribution is -2.43. The number of ether oxygens (including phenoxy) is 2. The molecule has 8 nitrogen and oxygen atoms in total. The van der Waals surface area contributed by atoms with E-state index in [9.17, 15) is 14.4 Å². The minimum absolute atomic E-state index is 0.114. The molecule has 2 N–H and O–H groups in total. The summed E-state index contributed by atoms with van der Waals surface area (Å²) in [5, 5.41) is 5.42. The molecule has 0 aliphatic carbocycles. The monoisotopic (exact) mass is 395 g/mol. The molecule has 2 aliphatic rings. The molecule has 4 amide bonds. The number of carbonyl (C=O) groups excluding carboxylic acids is 3. The lowest BCUT2D eigenvalue weighted by atomic mass is 9.91. The summed E-state index contributed by atoms with van der Waals surface area (Å²) in [4.78, 5) is 38.6. The minimum Gasteiger partial charge on any atom is -0.454 e. The number of urea groups is 1. The second-order valence-corrected chi connectivity index (χ2v) is 7.28. The van der Waals surface area contributed by atoms with Gasteiger partial charge in [0.1, 0.15) is 12.1 Å². The molecule has 8 heteroatoms. The van der Waals surface area contributed by atoms with Crippen molar-refractivity contribution >= 4 is 17.8 Å². The third-order valence-corrected chi connectivity index (χ3v) is 5.14. The first-order valence-electron chi connectivity index (χ1n) is 9.23. The van der Waals surface area contributed by atoms with Crippen LogP contribution in [0.3, 0.4) is 0 Å². The van der Waals surface area contributed by atoms with Crippen molar-refractivity contribution in [2.45, 2.75) is 25.9 Å². The molecule has 0 bridgehead atoms. The Hall–Kier alpha value is -3.55. The van der Waals surface area contributed by atoms with Gasteiger partial charge in [0.2, 0.25) is 12.7 Å². The SMILES string of the molecule is Cc1ccc(CNC(=O)CN2C(=O)N[C@](C)(c3ccc4c(c3)OCO4)C2=O)cc1. The second kappa shape index (κ2) is 7.12. The molecule has 2 aromatic carbocycles. The van der Waals surface area contributed by atoms with Crippen LogP contribution in [0.1, 0.15) is 23.6 Å². The van der Waals surface area contributed by atoms with Crippen LogP contribution in [0.15, 0.2) is 42.5 Å². The van der Waals surface area contributed by atoms with E-state index in [1.807, 2.05) is 31.2 Å². The first kappa shape index (κ1) is 18.8. The number of imide groups is 1. The van der Waals surface area contributed by atoms with Gasteiger partial charge in [0.05, 0.1) is 0 Å². The van der Waals surface area contributed by atoms with Gasteiger partial charge in [-0.05, 0) is 37.1 Å². The summed E-state index contributed by atoms with van der Waals surface area (Å²) in [5.41, 5.74) is 1.34. The van der Waals surface area contributed by atoms with Crippen molar-refractivity contribution in [2.75, 3.05) is 13.3 Å². The van der Waals surface area contributed by atoms with E-state index in [1.54, 1.807) is 25.1 Å². The first-order chi connectivity index (χ1) is 13.9. The number of amides is 4. The van der Waals surface area contributed by atoms with E-state index in [4.69, 9.17) is 9.47 Å². The van der Waals surface area contributed by atoms with Crippen LogP contribution in [0.4, 0.5) is 4.79 Å². The Labute approximate surface area is 167 Å². The average molecular weight is 395 g/mol. The topological polar surface area (TPSA) is 97.0 Å². The van der Waals surface area contributed by atoms with Crippen molar-refractivity contribution in [2.24, 2.45) is 0 Å². The Morgan fingerprint density at radius 3 is 2.62 bits per heavy atom. The van der Waals surface area contributed by atoms with Gasteiger partial charge < -0.3 is 20.1 Å². The Balaban J connectivity index is 1.43. The molecule has 1 saturated heterocycles. The summed E-state index contributed by atoms with van der Waals surface area (Å²) in [5.74, 6) is 0.192. The summed E-state index contributed by atoms with van der Waals surface area (Å²) >= 11 is 0. The zero-order valence-corrected chi connectivity index (χ0v) is 16.2. The Bertz CT molecular complexity index is 988. The van der Waals surface area contributed by atoms with Crippen LogP contribution in [-0.2, 0) is 21.7 Å². The van der Waals surface area contributed by atoms with Crippen molar-refractivity contribution in [3.05, 3.63) is 59.2 Å². The van der Waals surface area contributed by atoms with Gasteiger partial charge >= 0.3 is 6.03 Å². The van der Waals surface area contributed by atoms with Gasteiger partial charge in [-0.25, -0.2) is 4.79 Å². The summed E-state index contributed by atoms with van der Waals surface area (Å²) in [6.07, 6.45) is 0. The molecule has 0 spiro atoms. The van der Waals surface area contributed by atoms with Gasteiger partial charge in [-0.1, -0.05) is 35.9 Å². The smallest absolute Gasteiger partial charge is 0.325 e. The fourth-order valence-corrected chi connectivity index (χ4v) is 3.35. The minimum atomic E-state index is -1.28. The predicted molar refractivity (Wildman–Crippen MR) is 103 cm³/mol. The number of hydrogen-bond donors (Lipinski definition) is 2. The van der Waals surface area contributed by atoms with Crippen molar-refractivity contribution in [3.63, 3.8) is 0 Å². The predicted octanol–water partition coefficient (Wildman–Crippen LogP) is 1.81. The lowest BCUT2D eigenvalue weighted by molar-refractivity contribution is -0.134. The van der Waals surface area contributed by atoms with E-state index in [1.165, 1.54) is 0 Å². The molecule has 0 unspecified atom stereocenters. The third kappa shape index (κ3) is 3.49. The molecule has 0 radical (unpaired) electrons. The Morgan fingerprint density at radius 1 is 1.14 bits per heavy atom. The highest BCUT2D eigenvalue weighted by molar-refractivity contribution is 6.09. The van der Waals surface area contributed by atoms with Crippen LogP contribution in [0.2, 0.25) is 0 Å². The van der Waals surface area contributed by atoms with Crippen LogP contribution in [0.5, 0.6) is 11.5 Å². The number of nitrogens with one attached hydrogen (secondary N) is 2. The molecule has 29 heavy (non-hydrogen) atoms. The molecule has 1 fully saturated rings. The van der Waals surface area contributed by atoms with Gasteiger partial charge in [0, 0.05) is 6.54 Å². The third-order valence-electron chi connectivity index (χ3n) is 5.14. The summed E-state index contributed by atoms with van der Waals surface area (Å²) in [6.45, 7) is 3.67. The van der Waals surface area contributed by atoms with E-state index >= 15 is 0 Å². The second-order valence-electron chi connectivity index (χ2n) is 7.28. The van der Waals surface area contributed by atoms with Gasteiger partial charge in [-0.15, -0.1) is 0 Å². The quantitative estimate of drug-likeness (QED) is 0.753. The number of fused-ring (bicyclic) bond motifs is 1. The molecule has 2 aromatic rings. The first-order valence-corrected chi connectivity index (χ1v) is 9.23. The van der Waals surface area contributed by atoms with Crippen molar-refractivity contribution < 1.29 is 23.9 Å². The van der Waals surface area contributed by atoms with Gasteiger partial charge in [0.25, 0.3) is 5.91 Å². The van der Waals surface area contributed by atoms with Crippen molar-refractivity contribution in [1.29, 1.82) is 0 Å². The van der Waals surface area contributed by atoms with E-state index in [2.05, 4.69) is 10.6 Å². The number of aryl methyl sites for hydroxylation is 1. The van der Waals surface area contributed by atoms with Crippen LogP contribution in [-0.4, -0.2) is 36.1 Å². The van der Waals surface area contributed by atoms with Gasteiger partial charge in [0.15, 0.2) is 11.5 Å². The number of hydrogen-bond acceptors (Lipinski definition) is 5. The van der Waals surface area contributed by atoms with Crippen molar-refractivity contribution in [1.82, 2.24) is 15.5 Å². The number of carbonyl (C=O) groups is 3. The molecule has 2 aliphatic heterocycles. The number of benzene rings is 2. The maximum absolute atomic E-state index is 13.0. The molecule has 1 atom stereocenters. The van der Waals surface area contributed by atoms with Crippen LogP contribution >= 0.6 is 0 Å². The van der Waals surface area contributed by atoms with E-state index < -0.39 is 23.4 Å². The summed E-state index contributed by atoms with van der Waals surface area (Å²) in [6, 6.07) is 12.2. The largest absolute Gasteiger partial charge is 0.454 e. The molecule has 0 aromatic heterocycles. The zero-order valence-electron chi connectivity index (χ0n) is 16.2. The number of rotatable bonds is 5. The highest BCUT2D eigenvalue weighted by Gasteiger charge is 2.49.